The molecule has 0 aliphatic rings. The Bertz CT molecular complexity index is 575. The van der Waals surface area contributed by atoms with Crippen LogP contribution in [-0.4, -0.2) is 30.3 Å². The number of aromatic carboxylic acids is 1. The molecule has 0 saturated heterocycles. The lowest BCUT2D eigenvalue weighted by atomic mass is 10.1. The van der Waals surface area contributed by atoms with Gasteiger partial charge in [-0.15, -0.1) is 0 Å². The Balaban J connectivity index is 0.000000555. The van der Waals surface area contributed by atoms with Crippen molar-refractivity contribution in [2.24, 2.45) is 0 Å². The van der Waals surface area contributed by atoms with Crippen molar-refractivity contribution < 1.29 is 44.8 Å². The molecule has 1 aromatic rings. The molecule has 0 unspecified atom stereocenters. The van der Waals surface area contributed by atoms with Crippen molar-refractivity contribution in [3.63, 3.8) is 0 Å². The lowest BCUT2D eigenvalue weighted by Crippen LogP contribution is -2.11. The summed E-state index contributed by atoms with van der Waals surface area (Å²) in [5.74, 6) is -13.9. The molecular weight excluding hydrogens is 303 g/mol. The molecule has 19 heavy (non-hydrogen) atoms. The molecule has 0 heterocycles. The van der Waals surface area contributed by atoms with Gasteiger partial charge in [-0.25, -0.2) is 26.7 Å². The van der Waals surface area contributed by atoms with Crippen molar-refractivity contribution >= 4 is 16.1 Å². The first kappa shape index (κ1) is 17.2. The molecule has 1 aromatic carbocycles. The van der Waals surface area contributed by atoms with E-state index in [2.05, 4.69) is 0 Å². The van der Waals surface area contributed by atoms with Gasteiger partial charge in [-0.05, 0) is 0 Å². The molecule has 2 N–H and O–H groups in total. The van der Waals surface area contributed by atoms with Gasteiger partial charge in [-0.1, -0.05) is 0 Å². The molecule has 0 atom stereocenters. The van der Waals surface area contributed by atoms with Gasteiger partial charge in [-0.3, -0.25) is 4.55 Å². The van der Waals surface area contributed by atoms with E-state index in [0.29, 0.717) is 6.26 Å². The minimum absolute atomic E-state index is 0.715. The first-order valence-electron chi connectivity index (χ1n) is 4.05. The van der Waals surface area contributed by atoms with Gasteiger partial charge < -0.3 is 5.11 Å². The fourth-order valence-electron chi connectivity index (χ4n) is 0.793. The van der Waals surface area contributed by atoms with Crippen LogP contribution >= 0.6 is 0 Å². The SMILES string of the molecule is CS(=O)(=O)O.O=C(O)c1c(F)c(F)c(F)c(F)c1F. The molecule has 0 aliphatic carbocycles. The Labute approximate surface area is 103 Å². The van der Waals surface area contributed by atoms with Gasteiger partial charge in [0.1, 0.15) is 5.56 Å². The number of carbonyl (C=O) groups is 1. The van der Waals surface area contributed by atoms with E-state index in [0.717, 1.165) is 0 Å². The Morgan fingerprint density at radius 3 is 1.32 bits per heavy atom. The molecule has 0 spiro atoms. The van der Waals surface area contributed by atoms with Gasteiger partial charge in [0, 0.05) is 0 Å². The maximum Gasteiger partial charge on any atom is 0.341 e. The predicted molar refractivity (Wildman–Crippen MR) is 50.7 cm³/mol. The van der Waals surface area contributed by atoms with Crippen LogP contribution in [0.5, 0.6) is 0 Å². The number of carboxylic acids is 1. The molecule has 0 bridgehead atoms. The largest absolute Gasteiger partial charge is 0.477 e. The van der Waals surface area contributed by atoms with Gasteiger partial charge in [-0.2, -0.15) is 8.42 Å². The quantitative estimate of drug-likeness (QED) is 0.356. The summed E-state index contributed by atoms with van der Waals surface area (Å²) in [7, 11) is -3.67. The van der Waals surface area contributed by atoms with Crippen LogP contribution in [0.3, 0.4) is 0 Å². The highest BCUT2D eigenvalue weighted by molar-refractivity contribution is 7.85. The molecule has 1 rings (SSSR count). The van der Waals surface area contributed by atoms with E-state index in [4.69, 9.17) is 9.66 Å². The van der Waals surface area contributed by atoms with Gasteiger partial charge in [0.05, 0.1) is 6.26 Å². The fourth-order valence-corrected chi connectivity index (χ4v) is 0.793. The average Bonchev–Trinajstić information content (AvgIpc) is 2.21. The van der Waals surface area contributed by atoms with Gasteiger partial charge in [0.2, 0.25) is 5.82 Å². The van der Waals surface area contributed by atoms with E-state index in [1.807, 2.05) is 0 Å². The Hall–Kier alpha value is -1.75. The average molecular weight is 308 g/mol. The van der Waals surface area contributed by atoms with E-state index in [-0.39, 0.29) is 0 Å². The number of benzene rings is 1. The standard InChI is InChI=1S/C7HF5O2.CH4O3S/c8-2-1(7(13)14)3(9)5(11)6(12)4(2)10;1-5(2,3)4/h(H,13,14);1H3,(H,2,3,4). The van der Waals surface area contributed by atoms with E-state index in [1.54, 1.807) is 0 Å². The van der Waals surface area contributed by atoms with Crippen LogP contribution in [0.25, 0.3) is 0 Å². The maximum atomic E-state index is 12.6. The zero-order valence-electron chi connectivity index (χ0n) is 8.92. The zero-order valence-corrected chi connectivity index (χ0v) is 9.73. The lowest BCUT2D eigenvalue weighted by Gasteiger charge is -2.03. The Morgan fingerprint density at radius 2 is 1.11 bits per heavy atom. The molecule has 0 amide bonds. The minimum atomic E-state index is -3.67. The fraction of sp³-hybridized carbons (Fsp3) is 0.125. The van der Waals surface area contributed by atoms with Crippen molar-refractivity contribution in [3.05, 3.63) is 34.6 Å². The van der Waals surface area contributed by atoms with Gasteiger partial charge in [0.25, 0.3) is 10.1 Å². The summed E-state index contributed by atoms with van der Waals surface area (Å²) in [6.45, 7) is 0. The summed E-state index contributed by atoms with van der Waals surface area (Å²) in [5, 5.41) is 8.15. The first-order valence-corrected chi connectivity index (χ1v) is 5.90. The Kier molecular flexibility index (Phi) is 5.38. The highest BCUT2D eigenvalue weighted by Crippen LogP contribution is 2.22. The highest BCUT2D eigenvalue weighted by atomic mass is 32.2. The van der Waals surface area contributed by atoms with Crippen LogP contribution in [0.15, 0.2) is 0 Å². The van der Waals surface area contributed by atoms with Crippen molar-refractivity contribution in [1.82, 2.24) is 0 Å². The van der Waals surface area contributed by atoms with Crippen molar-refractivity contribution in [1.29, 1.82) is 0 Å². The summed E-state index contributed by atoms with van der Waals surface area (Å²) >= 11 is 0. The van der Waals surface area contributed by atoms with Crippen LogP contribution in [-0.2, 0) is 10.1 Å². The van der Waals surface area contributed by atoms with Gasteiger partial charge in [0.15, 0.2) is 23.3 Å². The maximum absolute atomic E-state index is 12.6. The molecule has 0 fully saturated rings. The molecule has 108 valence electrons. The van der Waals surface area contributed by atoms with Crippen LogP contribution in [0.2, 0.25) is 0 Å². The van der Waals surface area contributed by atoms with Crippen molar-refractivity contribution in [3.8, 4) is 0 Å². The zero-order chi connectivity index (χ0) is 15.5. The van der Waals surface area contributed by atoms with Crippen LogP contribution in [0.1, 0.15) is 10.4 Å². The molecule has 0 aliphatic heterocycles. The van der Waals surface area contributed by atoms with E-state index < -0.39 is 50.7 Å². The number of carboxylic acid groups (broad SMARTS) is 1. The second-order valence-corrected chi connectivity index (χ2v) is 4.45. The van der Waals surface area contributed by atoms with E-state index in [9.17, 15) is 35.2 Å². The van der Waals surface area contributed by atoms with Crippen LogP contribution in [0, 0.1) is 29.1 Å². The number of hydrogen-bond donors (Lipinski definition) is 2. The highest BCUT2D eigenvalue weighted by Gasteiger charge is 2.29. The summed E-state index contributed by atoms with van der Waals surface area (Å²) in [5.41, 5.74) is -1.86. The molecule has 11 heteroatoms. The van der Waals surface area contributed by atoms with Gasteiger partial charge >= 0.3 is 5.97 Å². The molecular formula is C8H5F5O5S. The third kappa shape index (κ3) is 4.79. The summed E-state index contributed by atoms with van der Waals surface area (Å²) in [4.78, 5) is 10.1. The number of halogens is 5. The third-order valence-electron chi connectivity index (χ3n) is 1.42. The monoisotopic (exact) mass is 308 g/mol. The smallest absolute Gasteiger partial charge is 0.341 e. The minimum Gasteiger partial charge on any atom is -0.477 e. The molecule has 0 saturated carbocycles. The second kappa shape index (κ2) is 5.93. The lowest BCUT2D eigenvalue weighted by molar-refractivity contribution is 0.0682. The number of hydrogen-bond acceptors (Lipinski definition) is 3. The van der Waals surface area contributed by atoms with Crippen molar-refractivity contribution in [2.45, 2.75) is 0 Å². The molecule has 5 nitrogen and oxygen atoms in total. The first-order chi connectivity index (χ1) is 8.37. The van der Waals surface area contributed by atoms with E-state index in [1.165, 1.54) is 0 Å². The van der Waals surface area contributed by atoms with Crippen LogP contribution in [0.4, 0.5) is 22.0 Å². The number of rotatable bonds is 1. The summed E-state index contributed by atoms with van der Waals surface area (Å²) in [6, 6.07) is 0. The molecule has 0 radical (unpaired) electrons. The topological polar surface area (TPSA) is 91.7 Å². The third-order valence-corrected chi connectivity index (χ3v) is 1.42. The Morgan fingerprint density at radius 1 is 0.895 bits per heavy atom. The summed E-state index contributed by atoms with van der Waals surface area (Å²) in [6.07, 6.45) is 0.715. The second-order valence-electron chi connectivity index (χ2n) is 2.98. The van der Waals surface area contributed by atoms with Crippen molar-refractivity contribution in [2.75, 3.05) is 6.26 Å². The normalized spacial score (nSPS) is 10.7. The summed E-state index contributed by atoms with van der Waals surface area (Å²) < 4.78 is 88.0. The molecule has 0 aromatic heterocycles. The van der Waals surface area contributed by atoms with Crippen LogP contribution < -0.4 is 0 Å². The predicted octanol–water partition coefficient (Wildman–Crippen LogP) is 1.58. The van der Waals surface area contributed by atoms with E-state index >= 15 is 0 Å².